The fourth-order valence-corrected chi connectivity index (χ4v) is 0.856. The van der Waals surface area contributed by atoms with E-state index < -0.39 is 0 Å². The van der Waals surface area contributed by atoms with Gasteiger partial charge >= 0.3 is 0 Å². The zero-order valence-corrected chi connectivity index (χ0v) is 9.10. The SMILES string of the molecule is O=CO.Oc1ccccc1.Oc1ccccc1. The van der Waals surface area contributed by atoms with E-state index in [1.807, 2.05) is 12.1 Å². The Morgan fingerprint density at radius 1 is 0.706 bits per heavy atom. The Bertz CT molecular complexity index is 349. The van der Waals surface area contributed by atoms with Crippen molar-refractivity contribution in [3.8, 4) is 11.5 Å². The predicted octanol–water partition coefficient (Wildman–Crippen LogP) is 2.49. The summed E-state index contributed by atoms with van der Waals surface area (Å²) in [5.74, 6) is 0.644. The molecule has 0 unspecified atom stereocenters. The molecule has 0 radical (unpaired) electrons. The van der Waals surface area contributed by atoms with Crippen LogP contribution in [0.4, 0.5) is 0 Å². The lowest BCUT2D eigenvalue weighted by atomic mass is 10.3. The standard InChI is InChI=1S/2C6H6O.CH2O2/c2*7-6-4-2-1-3-5-6;2-1-3/h2*1-5,7H;1H,(H,2,3). The Morgan fingerprint density at radius 3 is 1.06 bits per heavy atom. The fraction of sp³-hybridized carbons (Fsp3) is 0. The molecular weight excluding hydrogens is 220 g/mol. The molecule has 0 saturated carbocycles. The van der Waals surface area contributed by atoms with Crippen molar-refractivity contribution in [1.82, 2.24) is 0 Å². The monoisotopic (exact) mass is 234 g/mol. The normalized spacial score (nSPS) is 7.76. The number of hydrogen-bond donors (Lipinski definition) is 3. The van der Waals surface area contributed by atoms with Gasteiger partial charge in [-0.3, -0.25) is 4.79 Å². The van der Waals surface area contributed by atoms with Gasteiger partial charge in [0.25, 0.3) is 6.47 Å². The van der Waals surface area contributed by atoms with E-state index in [0.717, 1.165) is 0 Å². The molecule has 3 N–H and O–H groups in total. The predicted molar refractivity (Wildman–Crippen MR) is 64.9 cm³/mol. The van der Waals surface area contributed by atoms with Gasteiger partial charge < -0.3 is 15.3 Å². The van der Waals surface area contributed by atoms with E-state index in [2.05, 4.69) is 0 Å². The van der Waals surface area contributed by atoms with E-state index in [4.69, 9.17) is 20.1 Å². The molecule has 2 aromatic rings. The first kappa shape index (κ1) is 14.5. The van der Waals surface area contributed by atoms with Gasteiger partial charge in [0.15, 0.2) is 0 Å². The molecule has 90 valence electrons. The zero-order valence-electron chi connectivity index (χ0n) is 9.10. The minimum Gasteiger partial charge on any atom is -0.508 e. The quantitative estimate of drug-likeness (QED) is 0.612. The lowest BCUT2D eigenvalue weighted by molar-refractivity contribution is -0.122. The molecule has 0 aliphatic carbocycles. The lowest BCUT2D eigenvalue weighted by Gasteiger charge is -1.82. The molecule has 0 spiro atoms. The average Bonchev–Trinajstić information content (AvgIpc) is 2.33. The summed E-state index contributed by atoms with van der Waals surface area (Å²) >= 11 is 0. The van der Waals surface area contributed by atoms with Crippen LogP contribution >= 0.6 is 0 Å². The molecule has 17 heavy (non-hydrogen) atoms. The number of phenols is 2. The number of benzene rings is 2. The zero-order chi connectivity index (χ0) is 12.9. The van der Waals surface area contributed by atoms with Crippen LogP contribution in [0.3, 0.4) is 0 Å². The smallest absolute Gasteiger partial charge is 0.290 e. The molecule has 0 bridgehead atoms. The second-order valence-corrected chi connectivity index (χ2v) is 2.78. The lowest BCUT2D eigenvalue weighted by Crippen LogP contribution is -1.56. The van der Waals surface area contributed by atoms with Gasteiger partial charge in [0.2, 0.25) is 0 Å². The number of aromatic hydroxyl groups is 2. The number of hydrogen-bond acceptors (Lipinski definition) is 3. The van der Waals surface area contributed by atoms with Gasteiger partial charge in [-0.1, -0.05) is 36.4 Å². The highest BCUT2D eigenvalue weighted by molar-refractivity contribution is 5.32. The number of phenolic OH excluding ortho intramolecular Hbond substituents is 2. The van der Waals surface area contributed by atoms with Gasteiger partial charge in [-0.25, -0.2) is 0 Å². The Balaban J connectivity index is 0.000000247. The summed E-state index contributed by atoms with van der Waals surface area (Å²) in [6.45, 7) is -0.250. The number of para-hydroxylation sites is 2. The molecule has 0 atom stereocenters. The van der Waals surface area contributed by atoms with E-state index in [1.165, 1.54) is 0 Å². The molecule has 0 aliphatic rings. The Morgan fingerprint density at radius 2 is 0.941 bits per heavy atom. The van der Waals surface area contributed by atoms with Gasteiger partial charge in [-0.2, -0.15) is 0 Å². The number of carbonyl (C=O) groups is 1. The summed E-state index contributed by atoms with van der Waals surface area (Å²) < 4.78 is 0. The summed E-state index contributed by atoms with van der Waals surface area (Å²) in [5.41, 5.74) is 0. The third-order valence-electron chi connectivity index (χ3n) is 1.51. The maximum absolute atomic E-state index is 8.63. The third kappa shape index (κ3) is 9.81. The van der Waals surface area contributed by atoms with Crippen LogP contribution in [0.25, 0.3) is 0 Å². The average molecular weight is 234 g/mol. The molecular formula is C13H14O4. The highest BCUT2D eigenvalue weighted by Crippen LogP contribution is 2.03. The first-order valence-corrected chi connectivity index (χ1v) is 4.76. The van der Waals surface area contributed by atoms with Gasteiger partial charge in [-0.05, 0) is 24.3 Å². The summed E-state index contributed by atoms with van der Waals surface area (Å²) in [4.78, 5) is 8.36. The number of carboxylic acid groups (broad SMARTS) is 1. The summed E-state index contributed by atoms with van der Waals surface area (Å²) in [5, 5.41) is 24.2. The van der Waals surface area contributed by atoms with Crippen molar-refractivity contribution in [2.45, 2.75) is 0 Å². The first-order chi connectivity index (χ1) is 8.20. The van der Waals surface area contributed by atoms with E-state index in [-0.39, 0.29) is 6.47 Å². The largest absolute Gasteiger partial charge is 0.508 e. The third-order valence-corrected chi connectivity index (χ3v) is 1.51. The Hall–Kier alpha value is -2.49. The van der Waals surface area contributed by atoms with Crippen molar-refractivity contribution in [3.05, 3.63) is 60.7 Å². The maximum atomic E-state index is 8.63. The van der Waals surface area contributed by atoms with Crippen molar-refractivity contribution in [1.29, 1.82) is 0 Å². The van der Waals surface area contributed by atoms with Crippen LogP contribution in [0.2, 0.25) is 0 Å². The van der Waals surface area contributed by atoms with Crippen LogP contribution in [0.15, 0.2) is 60.7 Å². The van der Waals surface area contributed by atoms with Crippen molar-refractivity contribution in [2.75, 3.05) is 0 Å². The van der Waals surface area contributed by atoms with Crippen LogP contribution in [-0.4, -0.2) is 21.8 Å². The molecule has 4 nitrogen and oxygen atoms in total. The van der Waals surface area contributed by atoms with Gasteiger partial charge in [0, 0.05) is 0 Å². The molecule has 0 heterocycles. The highest BCUT2D eigenvalue weighted by Gasteiger charge is 1.75. The Labute approximate surface area is 99.4 Å². The minimum absolute atomic E-state index is 0.250. The summed E-state index contributed by atoms with van der Waals surface area (Å²) in [6, 6.07) is 17.4. The van der Waals surface area contributed by atoms with Crippen LogP contribution < -0.4 is 0 Å². The molecule has 0 amide bonds. The molecule has 2 rings (SSSR count). The molecule has 0 fully saturated rings. The van der Waals surface area contributed by atoms with Gasteiger partial charge in [0.05, 0.1) is 0 Å². The number of rotatable bonds is 0. The van der Waals surface area contributed by atoms with E-state index >= 15 is 0 Å². The summed E-state index contributed by atoms with van der Waals surface area (Å²) in [6.07, 6.45) is 0. The van der Waals surface area contributed by atoms with Crippen molar-refractivity contribution in [3.63, 3.8) is 0 Å². The van der Waals surface area contributed by atoms with Crippen LogP contribution in [-0.2, 0) is 4.79 Å². The Kier molecular flexibility index (Phi) is 8.57. The molecule has 0 saturated heterocycles. The second kappa shape index (κ2) is 10.0. The van der Waals surface area contributed by atoms with E-state index in [9.17, 15) is 0 Å². The van der Waals surface area contributed by atoms with Crippen LogP contribution in [0, 0.1) is 0 Å². The van der Waals surface area contributed by atoms with Crippen LogP contribution in [0.5, 0.6) is 11.5 Å². The molecule has 0 aromatic heterocycles. The van der Waals surface area contributed by atoms with Crippen molar-refractivity contribution < 1.29 is 20.1 Å². The van der Waals surface area contributed by atoms with Gasteiger partial charge in [-0.15, -0.1) is 0 Å². The molecule has 2 aromatic carbocycles. The van der Waals surface area contributed by atoms with E-state index in [1.54, 1.807) is 48.5 Å². The van der Waals surface area contributed by atoms with Crippen LogP contribution in [0.1, 0.15) is 0 Å². The topological polar surface area (TPSA) is 77.8 Å². The van der Waals surface area contributed by atoms with Crippen molar-refractivity contribution in [2.24, 2.45) is 0 Å². The summed E-state index contributed by atoms with van der Waals surface area (Å²) in [7, 11) is 0. The molecule has 0 aliphatic heterocycles. The molecule has 4 heteroatoms. The highest BCUT2D eigenvalue weighted by atomic mass is 16.3. The fourth-order valence-electron chi connectivity index (χ4n) is 0.856. The maximum Gasteiger partial charge on any atom is 0.290 e. The van der Waals surface area contributed by atoms with Crippen molar-refractivity contribution >= 4 is 6.47 Å². The van der Waals surface area contributed by atoms with Gasteiger partial charge in [0.1, 0.15) is 11.5 Å². The minimum atomic E-state index is -0.250. The first-order valence-electron chi connectivity index (χ1n) is 4.76. The van der Waals surface area contributed by atoms with E-state index in [0.29, 0.717) is 11.5 Å². The second-order valence-electron chi connectivity index (χ2n) is 2.78.